The van der Waals surface area contributed by atoms with Crippen molar-refractivity contribution in [2.45, 2.75) is 26.3 Å². The lowest BCUT2D eigenvalue weighted by atomic mass is 9.97. The summed E-state index contributed by atoms with van der Waals surface area (Å²) in [7, 11) is 0. The van der Waals surface area contributed by atoms with Gasteiger partial charge in [0.25, 0.3) is 0 Å². The molecule has 0 aliphatic rings. The Morgan fingerprint density at radius 3 is 2.50 bits per heavy atom. The Balaban J connectivity index is 2.41. The second-order valence-corrected chi connectivity index (χ2v) is 6.21. The van der Waals surface area contributed by atoms with E-state index >= 15 is 0 Å². The molecule has 1 unspecified atom stereocenters. The van der Waals surface area contributed by atoms with Crippen LogP contribution in [0.1, 0.15) is 36.1 Å². The van der Waals surface area contributed by atoms with E-state index in [-0.39, 0.29) is 6.04 Å². The fourth-order valence-electron chi connectivity index (χ4n) is 2.24. The normalized spacial score (nSPS) is 12.4. The van der Waals surface area contributed by atoms with Gasteiger partial charge in [-0.2, -0.15) is 0 Å². The van der Waals surface area contributed by atoms with Crippen LogP contribution in [0.2, 0.25) is 5.02 Å². The van der Waals surface area contributed by atoms with Crippen LogP contribution in [0.15, 0.2) is 46.9 Å². The monoisotopic (exact) mass is 351 g/mol. The molecule has 0 bridgehead atoms. The summed E-state index contributed by atoms with van der Waals surface area (Å²) in [6.07, 6.45) is 1.09. The molecule has 0 aromatic heterocycles. The highest BCUT2D eigenvalue weighted by Crippen LogP contribution is 2.31. The minimum Gasteiger partial charge on any atom is -0.306 e. The lowest BCUT2D eigenvalue weighted by molar-refractivity contribution is 0.598. The number of hydrogen-bond donors (Lipinski definition) is 1. The highest BCUT2D eigenvalue weighted by atomic mass is 79.9. The maximum absolute atomic E-state index is 6.50. The molecule has 0 spiro atoms. The van der Waals surface area contributed by atoms with E-state index in [1.165, 1.54) is 5.56 Å². The van der Waals surface area contributed by atoms with Crippen LogP contribution in [-0.4, -0.2) is 6.54 Å². The molecule has 2 aromatic rings. The highest BCUT2D eigenvalue weighted by Gasteiger charge is 2.17. The van der Waals surface area contributed by atoms with Crippen LogP contribution in [0.4, 0.5) is 0 Å². The molecule has 0 aliphatic carbocycles. The van der Waals surface area contributed by atoms with Gasteiger partial charge in [-0.1, -0.05) is 64.8 Å². The van der Waals surface area contributed by atoms with Crippen molar-refractivity contribution in [3.63, 3.8) is 0 Å². The molecule has 3 heteroatoms. The Morgan fingerprint density at radius 1 is 1.15 bits per heavy atom. The molecule has 0 saturated carbocycles. The molecule has 0 radical (unpaired) electrons. The van der Waals surface area contributed by atoms with Crippen LogP contribution < -0.4 is 5.32 Å². The second-order valence-electron chi connectivity index (χ2n) is 4.92. The summed E-state index contributed by atoms with van der Waals surface area (Å²) >= 11 is 9.98. The lowest BCUT2D eigenvalue weighted by Crippen LogP contribution is -2.23. The maximum atomic E-state index is 6.50. The van der Waals surface area contributed by atoms with Gasteiger partial charge in [-0.3, -0.25) is 0 Å². The summed E-state index contributed by atoms with van der Waals surface area (Å²) in [5.74, 6) is 0. The van der Waals surface area contributed by atoms with E-state index in [1.54, 1.807) is 0 Å². The van der Waals surface area contributed by atoms with Crippen molar-refractivity contribution >= 4 is 27.5 Å². The molecule has 106 valence electrons. The summed E-state index contributed by atoms with van der Waals surface area (Å²) in [6.45, 7) is 5.18. The molecular formula is C17H19BrClN. The molecule has 2 aromatic carbocycles. The number of aryl methyl sites for hydroxylation is 1. The summed E-state index contributed by atoms with van der Waals surface area (Å²) < 4.78 is 1.09. The Labute approximate surface area is 134 Å². The predicted octanol–water partition coefficient (Wildman–Crippen LogP) is 5.50. The molecule has 0 fully saturated rings. The van der Waals surface area contributed by atoms with Gasteiger partial charge in [-0.05, 0) is 48.7 Å². The number of benzene rings is 2. The van der Waals surface area contributed by atoms with Crippen molar-refractivity contribution in [2.75, 3.05) is 6.54 Å². The van der Waals surface area contributed by atoms with E-state index in [4.69, 9.17) is 11.6 Å². The van der Waals surface area contributed by atoms with Crippen LogP contribution in [0.3, 0.4) is 0 Å². The van der Waals surface area contributed by atoms with Crippen molar-refractivity contribution in [3.8, 4) is 0 Å². The third-order valence-electron chi connectivity index (χ3n) is 3.33. The summed E-state index contributed by atoms with van der Waals surface area (Å²) in [6, 6.07) is 14.8. The van der Waals surface area contributed by atoms with Gasteiger partial charge in [0.15, 0.2) is 0 Å². The van der Waals surface area contributed by atoms with Gasteiger partial charge < -0.3 is 5.32 Å². The van der Waals surface area contributed by atoms with E-state index in [0.29, 0.717) is 0 Å². The van der Waals surface area contributed by atoms with Gasteiger partial charge in [0.2, 0.25) is 0 Å². The van der Waals surface area contributed by atoms with Crippen LogP contribution in [-0.2, 0) is 0 Å². The molecular weight excluding hydrogens is 334 g/mol. The van der Waals surface area contributed by atoms with Crippen LogP contribution in [0.25, 0.3) is 0 Å². The van der Waals surface area contributed by atoms with Gasteiger partial charge in [0.05, 0.1) is 6.04 Å². The topological polar surface area (TPSA) is 12.0 Å². The van der Waals surface area contributed by atoms with Gasteiger partial charge in [-0.25, -0.2) is 0 Å². The first-order valence-electron chi connectivity index (χ1n) is 6.87. The van der Waals surface area contributed by atoms with E-state index in [0.717, 1.165) is 33.6 Å². The third kappa shape index (κ3) is 3.63. The SMILES string of the molecule is CCCNC(c1ccc(Br)cc1)c1cccc(C)c1Cl. The number of halogens is 2. The van der Waals surface area contributed by atoms with Crippen LogP contribution in [0, 0.1) is 6.92 Å². The van der Waals surface area contributed by atoms with Gasteiger partial charge in [0, 0.05) is 9.50 Å². The van der Waals surface area contributed by atoms with Gasteiger partial charge in [-0.15, -0.1) is 0 Å². The summed E-state index contributed by atoms with van der Waals surface area (Å²) in [4.78, 5) is 0. The van der Waals surface area contributed by atoms with Crippen LogP contribution >= 0.6 is 27.5 Å². The predicted molar refractivity (Wildman–Crippen MR) is 90.5 cm³/mol. The maximum Gasteiger partial charge on any atom is 0.0591 e. The highest BCUT2D eigenvalue weighted by molar-refractivity contribution is 9.10. The van der Waals surface area contributed by atoms with Crippen molar-refractivity contribution in [3.05, 3.63) is 68.7 Å². The van der Waals surface area contributed by atoms with E-state index in [1.807, 2.05) is 13.0 Å². The fraction of sp³-hybridized carbons (Fsp3) is 0.294. The molecule has 0 amide bonds. The molecule has 0 aliphatic heterocycles. The summed E-state index contributed by atoms with van der Waals surface area (Å²) in [5.41, 5.74) is 3.49. The quantitative estimate of drug-likeness (QED) is 0.749. The zero-order valence-electron chi connectivity index (χ0n) is 11.8. The minimum absolute atomic E-state index is 0.135. The standard InChI is InChI=1S/C17H19BrClN/c1-3-11-20-17(13-7-9-14(18)10-8-13)15-6-4-5-12(2)16(15)19/h4-10,17,20H,3,11H2,1-2H3. The zero-order valence-corrected chi connectivity index (χ0v) is 14.1. The van der Waals surface area contributed by atoms with Gasteiger partial charge in [0.1, 0.15) is 0 Å². The zero-order chi connectivity index (χ0) is 14.5. The van der Waals surface area contributed by atoms with E-state index in [2.05, 4.69) is 64.6 Å². The molecule has 1 nitrogen and oxygen atoms in total. The van der Waals surface area contributed by atoms with Crippen molar-refractivity contribution in [1.82, 2.24) is 5.32 Å². The first-order chi connectivity index (χ1) is 9.63. The minimum atomic E-state index is 0.135. The average Bonchev–Trinajstić information content (AvgIpc) is 2.45. The van der Waals surface area contributed by atoms with E-state index < -0.39 is 0 Å². The van der Waals surface area contributed by atoms with Crippen molar-refractivity contribution in [1.29, 1.82) is 0 Å². The number of rotatable bonds is 5. The first kappa shape index (κ1) is 15.6. The third-order valence-corrected chi connectivity index (χ3v) is 4.38. The van der Waals surface area contributed by atoms with E-state index in [9.17, 15) is 0 Å². The lowest BCUT2D eigenvalue weighted by Gasteiger charge is -2.21. The van der Waals surface area contributed by atoms with Crippen molar-refractivity contribution < 1.29 is 0 Å². The molecule has 1 N–H and O–H groups in total. The number of nitrogens with one attached hydrogen (secondary N) is 1. The number of hydrogen-bond acceptors (Lipinski definition) is 1. The molecule has 1 atom stereocenters. The Bertz CT molecular complexity index is 566. The molecule has 2 rings (SSSR count). The molecule has 0 heterocycles. The largest absolute Gasteiger partial charge is 0.306 e. The van der Waals surface area contributed by atoms with Crippen molar-refractivity contribution in [2.24, 2.45) is 0 Å². The van der Waals surface area contributed by atoms with Gasteiger partial charge >= 0.3 is 0 Å². The average molecular weight is 353 g/mol. The van der Waals surface area contributed by atoms with Crippen LogP contribution in [0.5, 0.6) is 0 Å². The second kappa shape index (κ2) is 7.26. The fourth-order valence-corrected chi connectivity index (χ4v) is 2.74. The Hall–Kier alpha value is -0.830. The molecule has 20 heavy (non-hydrogen) atoms. The summed E-state index contributed by atoms with van der Waals surface area (Å²) in [5, 5.41) is 4.44. The first-order valence-corrected chi connectivity index (χ1v) is 8.04. The Morgan fingerprint density at radius 2 is 1.85 bits per heavy atom. The Kier molecular flexibility index (Phi) is 5.64. The smallest absolute Gasteiger partial charge is 0.0591 e. The molecule has 0 saturated heterocycles.